The summed E-state index contributed by atoms with van der Waals surface area (Å²) >= 11 is 5.56. The van der Waals surface area contributed by atoms with Gasteiger partial charge in [0, 0.05) is 111 Å². The van der Waals surface area contributed by atoms with Crippen molar-refractivity contribution in [2.75, 3.05) is 0 Å². The van der Waals surface area contributed by atoms with Crippen LogP contribution < -0.4 is 0 Å². The second-order valence-corrected chi connectivity index (χ2v) is 39.5. The van der Waals surface area contributed by atoms with Gasteiger partial charge < -0.3 is 0 Å². The fraction of sp³-hybridized carbons (Fsp3) is 0. The molecule has 0 amide bonds. The number of benzene rings is 23. The van der Waals surface area contributed by atoms with Crippen LogP contribution in [0.25, 0.3) is 283 Å². The van der Waals surface area contributed by atoms with Gasteiger partial charge in [0.1, 0.15) is 0 Å². The second-order valence-electron chi connectivity index (χ2n) is 36.2. The molecule has 29 rings (SSSR count). The van der Waals surface area contributed by atoms with E-state index >= 15 is 0 Å². The lowest BCUT2D eigenvalue weighted by Crippen LogP contribution is -2.00. The molecule has 23 aromatic carbocycles. The highest BCUT2D eigenvalue weighted by molar-refractivity contribution is 7.26. The zero-order chi connectivity index (χ0) is 94.4. The van der Waals surface area contributed by atoms with Crippen LogP contribution in [0.2, 0.25) is 0 Å². The Kier molecular flexibility index (Phi) is 21.0. The maximum atomic E-state index is 5.09. The molecule has 0 fully saturated rings. The molecule has 0 N–H and O–H groups in total. The molecule has 0 radical (unpaired) electrons. The van der Waals surface area contributed by atoms with Gasteiger partial charge in [-0.1, -0.05) is 388 Å². The molecule has 9 nitrogen and oxygen atoms in total. The normalized spacial score (nSPS) is 11.6. The zero-order valence-electron chi connectivity index (χ0n) is 76.9. The van der Waals surface area contributed by atoms with Gasteiger partial charge in [0.15, 0.2) is 52.4 Å². The van der Waals surface area contributed by atoms with Crippen molar-refractivity contribution >= 4 is 181 Å². The van der Waals surface area contributed by atoms with E-state index in [-0.39, 0.29) is 0 Å². The first-order valence-electron chi connectivity index (χ1n) is 47.9. The predicted molar refractivity (Wildman–Crippen MR) is 603 cm³/mol. The third-order valence-corrected chi connectivity index (χ3v) is 30.9. The first kappa shape index (κ1) is 84.1. The summed E-state index contributed by atoms with van der Waals surface area (Å²) in [6.45, 7) is 0. The van der Waals surface area contributed by atoms with E-state index in [1.165, 1.54) is 137 Å². The van der Waals surface area contributed by atoms with E-state index in [0.29, 0.717) is 52.4 Å². The van der Waals surface area contributed by atoms with E-state index in [1.54, 1.807) is 0 Å². The number of aromatic nitrogens is 9. The van der Waals surface area contributed by atoms with Crippen LogP contribution in [0.3, 0.4) is 0 Å². The van der Waals surface area contributed by atoms with Crippen molar-refractivity contribution in [3.63, 3.8) is 0 Å². The Morgan fingerprint density at radius 1 is 0.105 bits per heavy atom. The largest absolute Gasteiger partial charge is 0.208 e. The number of hydrogen-bond donors (Lipinski definition) is 0. The fourth-order valence-electron chi connectivity index (χ4n) is 20.2. The molecular weight excluding hydrogens is 1800 g/mol. The van der Waals surface area contributed by atoms with Gasteiger partial charge in [-0.05, 0) is 211 Å². The van der Waals surface area contributed by atoms with Crippen LogP contribution in [0, 0.1) is 0 Å². The van der Waals surface area contributed by atoms with Crippen molar-refractivity contribution in [3.05, 3.63) is 479 Å². The molecule has 29 aromatic rings. The van der Waals surface area contributed by atoms with E-state index in [1.807, 2.05) is 64.3 Å². The molecular formula is C131H79N9S3. The van der Waals surface area contributed by atoms with Crippen molar-refractivity contribution in [2.45, 2.75) is 0 Å². The van der Waals surface area contributed by atoms with Crippen LogP contribution in [0.4, 0.5) is 0 Å². The lowest BCUT2D eigenvalue weighted by Gasteiger charge is -2.12. The summed E-state index contributed by atoms with van der Waals surface area (Å²) in [4.78, 5) is 45.4. The number of thiophene rings is 3. The van der Waals surface area contributed by atoms with Crippen molar-refractivity contribution < 1.29 is 0 Å². The molecule has 0 spiro atoms. The van der Waals surface area contributed by atoms with Crippen LogP contribution in [-0.4, -0.2) is 44.9 Å². The molecule has 0 bridgehead atoms. The van der Waals surface area contributed by atoms with Gasteiger partial charge in [-0.3, -0.25) is 0 Å². The van der Waals surface area contributed by atoms with Crippen LogP contribution in [0.15, 0.2) is 479 Å². The smallest absolute Gasteiger partial charge is 0.164 e. The monoisotopic (exact) mass is 1870 g/mol. The second kappa shape index (κ2) is 35.7. The van der Waals surface area contributed by atoms with Crippen LogP contribution in [0.5, 0.6) is 0 Å². The lowest BCUT2D eigenvalue weighted by atomic mass is 9.96. The summed E-state index contributed by atoms with van der Waals surface area (Å²) in [5.41, 5.74) is 15.9. The average molecular weight is 1880 g/mol. The summed E-state index contributed by atoms with van der Waals surface area (Å²) in [5.74, 6) is 5.91. The highest BCUT2D eigenvalue weighted by Gasteiger charge is 2.22. The molecule has 0 aliphatic carbocycles. The Morgan fingerprint density at radius 3 is 0.636 bits per heavy atom. The molecule has 666 valence electrons. The molecule has 6 aromatic heterocycles. The number of rotatable bonds is 12. The van der Waals surface area contributed by atoms with E-state index in [4.69, 9.17) is 44.9 Å². The van der Waals surface area contributed by atoms with E-state index in [9.17, 15) is 0 Å². The Morgan fingerprint density at radius 2 is 0.315 bits per heavy atom. The molecule has 0 saturated heterocycles. The quantitative estimate of drug-likeness (QED) is 0.118. The minimum absolute atomic E-state index is 0.653. The molecule has 6 heterocycles. The SMILES string of the molecule is c1ccc(-c2nc(-c3ccc4ccccc4c3)nc(-c3ccc4c(-c5ccc6c(c5)sc5ccccc56)cccc4c3)n2)cc1.c1ccc2cc(-c3nc(-c4ccc5ccccc5c4)nc(-c4ccc5c(-c6ccc7c(c6)sc6ccccc67)cccc5c4)n3)ccc2c1.c1ccc2cc(-c3nc(-c4ccc5ccccc5c4)nc(-c4ccc5c(-c6ccc7sc8ccccc8c7c6)cccc5c4)n3)ccc2c1. The lowest BCUT2D eigenvalue weighted by molar-refractivity contribution is 1.07. The minimum Gasteiger partial charge on any atom is -0.208 e. The third-order valence-electron chi connectivity index (χ3n) is 27.5. The number of fused-ring (bicyclic) bond motifs is 17. The number of hydrogen-bond acceptors (Lipinski definition) is 12. The third kappa shape index (κ3) is 16.0. The van der Waals surface area contributed by atoms with Crippen molar-refractivity contribution in [1.29, 1.82) is 0 Å². The summed E-state index contributed by atoms with van der Waals surface area (Å²) in [5, 5.41) is 26.6. The van der Waals surface area contributed by atoms with Gasteiger partial charge in [0.2, 0.25) is 0 Å². The first-order valence-corrected chi connectivity index (χ1v) is 50.3. The number of nitrogens with zero attached hydrogens (tertiary/aromatic N) is 9. The van der Waals surface area contributed by atoms with Crippen molar-refractivity contribution in [2.24, 2.45) is 0 Å². The highest BCUT2D eigenvalue weighted by atomic mass is 32.1. The van der Waals surface area contributed by atoms with Gasteiger partial charge in [0.25, 0.3) is 0 Å². The van der Waals surface area contributed by atoms with E-state index < -0.39 is 0 Å². The Balaban J connectivity index is 0.000000107. The van der Waals surface area contributed by atoms with Gasteiger partial charge in [0.05, 0.1) is 0 Å². The van der Waals surface area contributed by atoms with Crippen molar-refractivity contribution in [3.8, 4) is 136 Å². The average Bonchev–Trinajstić information content (AvgIpc) is 0.918. The first-order chi connectivity index (χ1) is 70.7. The zero-order valence-corrected chi connectivity index (χ0v) is 79.3. The molecule has 0 aliphatic heterocycles. The molecule has 0 aliphatic rings. The Hall–Kier alpha value is -18.2. The van der Waals surface area contributed by atoms with Gasteiger partial charge in [-0.25, -0.2) is 44.9 Å². The standard InChI is InChI=1S/2C45H27N3S.C41H25N3S/c1-3-10-30-24-34(18-16-28(30)8-1)43-46-44(35-19-17-29-9-2-4-11-31(29)25-35)48-45(47-43)36-21-22-38-32(26-36)12-7-14-37(38)33-20-23-40-39-13-5-6-15-41(39)49-42(40)27-33;1-3-10-30-24-34(18-16-28(30)8-1)43-46-44(35-19-17-29-9-2-4-11-31(29)25-35)48-45(47-43)36-20-22-38-32(26-36)12-7-14-37(38)33-21-23-42-40(27-33)39-13-5-6-15-41(39)49-42;1-2-10-27(11-3-1)39-42-40(31-18-17-26-9-4-5-12-28(26)23-31)44-41(43-39)32-20-21-34-29(24-32)13-8-15-33(34)30-19-22-36-35-14-6-7-16-37(35)45-38(36)25-30/h2*1-27H;1-25H. The molecule has 0 saturated carbocycles. The molecule has 0 unspecified atom stereocenters. The van der Waals surface area contributed by atoms with Crippen LogP contribution >= 0.6 is 34.0 Å². The summed E-state index contributed by atoms with van der Waals surface area (Å²) in [7, 11) is 0. The molecule has 0 atom stereocenters. The van der Waals surface area contributed by atoms with E-state index in [2.05, 4.69) is 449 Å². The van der Waals surface area contributed by atoms with Crippen LogP contribution in [-0.2, 0) is 0 Å². The summed E-state index contributed by atoms with van der Waals surface area (Å²) in [6, 6.07) is 170. The minimum atomic E-state index is 0.653. The fourth-order valence-corrected chi connectivity index (χ4v) is 23.6. The van der Waals surface area contributed by atoms with E-state index in [0.717, 1.165) is 93.2 Å². The summed E-state index contributed by atoms with van der Waals surface area (Å²) < 4.78 is 7.89. The van der Waals surface area contributed by atoms with Gasteiger partial charge >= 0.3 is 0 Å². The van der Waals surface area contributed by atoms with Gasteiger partial charge in [-0.2, -0.15) is 0 Å². The highest BCUT2D eigenvalue weighted by Crippen LogP contribution is 2.45. The Bertz CT molecular complexity index is 9990. The van der Waals surface area contributed by atoms with Gasteiger partial charge in [-0.15, -0.1) is 34.0 Å². The summed E-state index contributed by atoms with van der Waals surface area (Å²) in [6.07, 6.45) is 0. The molecule has 143 heavy (non-hydrogen) atoms. The van der Waals surface area contributed by atoms with Crippen molar-refractivity contribution in [1.82, 2.24) is 44.9 Å². The van der Waals surface area contributed by atoms with Crippen LogP contribution in [0.1, 0.15) is 0 Å². The molecule has 12 heteroatoms. The topological polar surface area (TPSA) is 116 Å². The maximum Gasteiger partial charge on any atom is 0.164 e. The Labute approximate surface area is 834 Å². The predicted octanol–water partition coefficient (Wildman–Crippen LogP) is 35.9. The maximum absolute atomic E-state index is 5.09.